The number of nitrogens with zero attached hydrogens (tertiary/aromatic N) is 5. The molecule has 31 heavy (non-hydrogen) atoms. The predicted molar refractivity (Wildman–Crippen MR) is 120 cm³/mol. The third-order valence-electron chi connectivity index (χ3n) is 4.94. The molecule has 0 atom stereocenters. The topological polar surface area (TPSA) is 82.4 Å². The number of pyridine rings is 1. The quantitative estimate of drug-likeness (QED) is 0.433. The molecule has 0 aliphatic heterocycles. The Morgan fingerprint density at radius 3 is 2.61 bits per heavy atom. The Balaban J connectivity index is 1.83. The van der Waals surface area contributed by atoms with Crippen LogP contribution in [0.15, 0.2) is 42.7 Å². The number of rotatable bonds is 7. The van der Waals surface area contributed by atoms with E-state index in [2.05, 4.69) is 10.1 Å². The monoisotopic (exact) mass is 437 g/mol. The number of benzene rings is 1. The average molecular weight is 438 g/mol. The summed E-state index contributed by atoms with van der Waals surface area (Å²) in [6.45, 7) is 4.94. The van der Waals surface area contributed by atoms with Crippen LogP contribution < -0.4 is 14.4 Å². The van der Waals surface area contributed by atoms with Crippen LogP contribution in [-0.2, 0) is 13.1 Å². The van der Waals surface area contributed by atoms with Crippen molar-refractivity contribution in [1.82, 2.24) is 19.7 Å². The molecule has 0 unspecified atom stereocenters. The summed E-state index contributed by atoms with van der Waals surface area (Å²) < 4.78 is 13.6. The number of anilines is 1. The van der Waals surface area contributed by atoms with Crippen molar-refractivity contribution in [3.05, 3.63) is 59.7 Å². The van der Waals surface area contributed by atoms with Crippen LogP contribution in [0.25, 0.3) is 10.2 Å². The summed E-state index contributed by atoms with van der Waals surface area (Å²) in [6, 6.07) is 9.22. The first-order valence-corrected chi connectivity index (χ1v) is 10.6. The van der Waals surface area contributed by atoms with Crippen LogP contribution in [-0.4, -0.2) is 39.9 Å². The molecule has 4 aromatic rings. The van der Waals surface area contributed by atoms with Crippen molar-refractivity contribution >= 4 is 32.6 Å². The molecule has 0 aliphatic carbocycles. The van der Waals surface area contributed by atoms with Crippen molar-refractivity contribution in [3.63, 3.8) is 0 Å². The van der Waals surface area contributed by atoms with Crippen LogP contribution in [0.3, 0.4) is 0 Å². The van der Waals surface area contributed by atoms with E-state index < -0.39 is 0 Å². The Kier molecular flexibility index (Phi) is 5.85. The van der Waals surface area contributed by atoms with E-state index in [1.165, 1.54) is 11.3 Å². The first-order valence-electron chi connectivity index (χ1n) is 9.82. The third-order valence-corrected chi connectivity index (χ3v) is 6.03. The minimum atomic E-state index is -0.226. The molecule has 9 heteroatoms. The fourth-order valence-electron chi connectivity index (χ4n) is 3.36. The van der Waals surface area contributed by atoms with Gasteiger partial charge in [-0.05, 0) is 43.7 Å². The van der Waals surface area contributed by atoms with Gasteiger partial charge in [0.15, 0.2) is 10.8 Å². The number of aromatic nitrogens is 4. The smallest absolute Gasteiger partial charge is 0.280 e. The molecule has 0 fully saturated rings. The van der Waals surface area contributed by atoms with Crippen molar-refractivity contribution in [3.8, 4) is 11.5 Å². The Morgan fingerprint density at radius 2 is 1.97 bits per heavy atom. The van der Waals surface area contributed by atoms with Gasteiger partial charge in [0, 0.05) is 24.6 Å². The molecule has 0 radical (unpaired) electrons. The molecule has 0 bridgehead atoms. The van der Waals surface area contributed by atoms with E-state index in [9.17, 15) is 4.79 Å². The second kappa shape index (κ2) is 8.73. The molecule has 4 rings (SSSR count). The highest BCUT2D eigenvalue weighted by molar-refractivity contribution is 7.22. The molecule has 3 heterocycles. The Labute approximate surface area is 184 Å². The van der Waals surface area contributed by atoms with Crippen LogP contribution in [0, 0.1) is 6.92 Å². The standard InChI is InChI=1S/C22H23N5O3S/c1-5-27-14(2)11-16(25-27)21(28)26(13-15-7-6-10-23-12-15)22-24-19-17(29-3)8-9-18(30-4)20(19)31-22/h6-12H,5,13H2,1-4H3. The van der Waals surface area contributed by atoms with Gasteiger partial charge >= 0.3 is 0 Å². The number of fused-ring (bicyclic) bond motifs is 1. The van der Waals surface area contributed by atoms with Gasteiger partial charge < -0.3 is 9.47 Å². The zero-order chi connectivity index (χ0) is 22.0. The molecule has 1 aromatic carbocycles. The summed E-state index contributed by atoms with van der Waals surface area (Å²) >= 11 is 1.38. The number of methoxy groups -OCH3 is 2. The molecular formula is C22H23N5O3S. The van der Waals surface area contributed by atoms with Crippen LogP contribution in [0.1, 0.15) is 28.7 Å². The van der Waals surface area contributed by atoms with Crippen molar-refractivity contribution in [2.45, 2.75) is 26.9 Å². The number of hydrogen-bond acceptors (Lipinski definition) is 7. The Morgan fingerprint density at radius 1 is 1.19 bits per heavy atom. The number of carbonyl (C=O) groups is 1. The van der Waals surface area contributed by atoms with E-state index in [-0.39, 0.29) is 5.91 Å². The van der Waals surface area contributed by atoms with Crippen LogP contribution in [0.5, 0.6) is 11.5 Å². The summed E-state index contributed by atoms with van der Waals surface area (Å²) in [7, 11) is 3.21. The Hall–Kier alpha value is -3.46. The summed E-state index contributed by atoms with van der Waals surface area (Å²) in [6.07, 6.45) is 3.44. The predicted octanol–water partition coefficient (Wildman–Crippen LogP) is 4.08. The van der Waals surface area contributed by atoms with Gasteiger partial charge in [0.05, 0.1) is 20.8 Å². The summed E-state index contributed by atoms with van der Waals surface area (Å²) in [5.74, 6) is 1.08. The normalized spacial score (nSPS) is 11.0. The zero-order valence-electron chi connectivity index (χ0n) is 17.8. The SMILES string of the molecule is CCn1nc(C(=O)N(Cc2cccnc2)c2nc3c(OC)ccc(OC)c3s2)cc1C. The minimum absolute atomic E-state index is 0.226. The van der Waals surface area contributed by atoms with Crippen LogP contribution in [0.2, 0.25) is 0 Å². The number of hydrogen-bond donors (Lipinski definition) is 0. The van der Waals surface area contributed by atoms with Crippen molar-refractivity contribution < 1.29 is 14.3 Å². The van der Waals surface area contributed by atoms with Gasteiger partial charge in [-0.25, -0.2) is 4.98 Å². The lowest BCUT2D eigenvalue weighted by molar-refractivity contribution is 0.0979. The number of aryl methyl sites for hydroxylation is 2. The molecule has 3 aromatic heterocycles. The zero-order valence-corrected chi connectivity index (χ0v) is 18.6. The number of carbonyl (C=O) groups excluding carboxylic acids is 1. The first-order chi connectivity index (χ1) is 15.0. The van der Waals surface area contributed by atoms with E-state index in [0.29, 0.717) is 40.9 Å². The lowest BCUT2D eigenvalue weighted by atomic mass is 10.2. The van der Waals surface area contributed by atoms with Gasteiger partial charge in [-0.3, -0.25) is 19.4 Å². The maximum Gasteiger partial charge on any atom is 0.280 e. The minimum Gasteiger partial charge on any atom is -0.495 e. The van der Waals surface area contributed by atoms with Crippen LogP contribution in [0.4, 0.5) is 5.13 Å². The fourth-order valence-corrected chi connectivity index (χ4v) is 4.44. The molecule has 0 spiro atoms. The Bertz CT molecular complexity index is 1180. The molecular weight excluding hydrogens is 414 g/mol. The van der Waals surface area contributed by atoms with Crippen molar-refractivity contribution in [1.29, 1.82) is 0 Å². The lowest BCUT2D eigenvalue weighted by Crippen LogP contribution is -2.30. The van der Waals surface area contributed by atoms with Crippen molar-refractivity contribution in [2.75, 3.05) is 19.1 Å². The lowest BCUT2D eigenvalue weighted by Gasteiger charge is -2.18. The van der Waals surface area contributed by atoms with Crippen LogP contribution >= 0.6 is 11.3 Å². The molecule has 1 amide bonds. The van der Waals surface area contributed by atoms with Crippen molar-refractivity contribution in [2.24, 2.45) is 0 Å². The molecule has 160 valence electrons. The number of amides is 1. The highest BCUT2D eigenvalue weighted by Crippen LogP contribution is 2.40. The molecule has 0 aliphatic rings. The van der Waals surface area contributed by atoms with E-state index in [4.69, 9.17) is 14.5 Å². The maximum atomic E-state index is 13.6. The first kappa shape index (κ1) is 20.8. The van der Waals surface area contributed by atoms with Gasteiger partial charge in [-0.1, -0.05) is 17.4 Å². The molecule has 0 saturated heterocycles. The average Bonchev–Trinajstić information content (AvgIpc) is 3.40. The number of ether oxygens (including phenoxy) is 2. The third kappa shape index (κ3) is 3.96. The summed E-state index contributed by atoms with van der Waals surface area (Å²) in [5, 5.41) is 5.01. The van der Waals surface area contributed by atoms with E-state index in [1.807, 2.05) is 38.1 Å². The van der Waals surface area contributed by atoms with Gasteiger partial charge in [0.2, 0.25) is 0 Å². The molecule has 0 saturated carbocycles. The van der Waals surface area contributed by atoms with E-state index >= 15 is 0 Å². The van der Waals surface area contributed by atoms with Gasteiger partial charge in [0.1, 0.15) is 21.7 Å². The maximum absolute atomic E-state index is 13.6. The van der Waals surface area contributed by atoms with Gasteiger partial charge in [-0.2, -0.15) is 5.10 Å². The van der Waals surface area contributed by atoms with Gasteiger partial charge in [-0.15, -0.1) is 0 Å². The molecule has 8 nitrogen and oxygen atoms in total. The van der Waals surface area contributed by atoms with Gasteiger partial charge in [0.25, 0.3) is 5.91 Å². The largest absolute Gasteiger partial charge is 0.495 e. The van der Waals surface area contributed by atoms with E-state index in [1.54, 1.807) is 42.3 Å². The fraction of sp³-hybridized carbons (Fsp3) is 0.273. The second-order valence-electron chi connectivity index (χ2n) is 6.88. The highest BCUT2D eigenvalue weighted by atomic mass is 32.1. The second-order valence-corrected chi connectivity index (χ2v) is 7.86. The summed E-state index contributed by atoms with van der Waals surface area (Å²) in [5.41, 5.74) is 2.85. The number of thiazole rings is 1. The summed E-state index contributed by atoms with van der Waals surface area (Å²) in [4.78, 5) is 24.1. The highest BCUT2D eigenvalue weighted by Gasteiger charge is 2.26. The van der Waals surface area contributed by atoms with E-state index in [0.717, 1.165) is 16.0 Å². The molecule has 0 N–H and O–H groups in total.